The molecule has 0 spiro atoms. The number of rotatable bonds is 6. The first-order chi connectivity index (χ1) is 18.4. The molecule has 1 saturated carbocycles. The van der Waals surface area contributed by atoms with Gasteiger partial charge in [-0.15, -0.1) is 10.2 Å². The van der Waals surface area contributed by atoms with Gasteiger partial charge < -0.3 is 15.5 Å². The van der Waals surface area contributed by atoms with Gasteiger partial charge in [0.1, 0.15) is 6.07 Å². The first-order valence-electron chi connectivity index (χ1n) is 12.9. The fourth-order valence-electron chi connectivity index (χ4n) is 5.75. The number of pyridine rings is 1. The Labute approximate surface area is 224 Å². The normalized spacial score (nSPS) is 20.6. The third-order valence-electron chi connectivity index (χ3n) is 7.36. The maximum atomic E-state index is 11.7. The molecule has 1 saturated heterocycles. The van der Waals surface area contributed by atoms with Crippen LogP contribution in [-0.2, 0) is 4.79 Å². The number of carbonyl (C=O) groups is 1. The molecule has 6 rings (SSSR count). The lowest BCUT2D eigenvalue weighted by Crippen LogP contribution is -2.52. The van der Waals surface area contributed by atoms with Crippen LogP contribution >= 0.6 is 11.3 Å². The molecule has 2 fully saturated rings. The monoisotopic (exact) mass is 527 g/mol. The van der Waals surface area contributed by atoms with E-state index in [-0.39, 0.29) is 18.0 Å². The van der Waals surface area contributed by atoms with E-state index in [0.717, 1.165) is 64.2 Å². The Hall–Kier alpha value is -4.04. The van der Waals surface area contributed by atoms with Crippen molar-refractivity contribution < 1.29 is 4.79 Å². The van der Waals surface area contributed by atoms with E-state index in [0.29, 0.717) is 17.4 Å². The maximum absolute atomic E-state index is 11.7. The summed E-state index contributed by atoms with van der Waals surface area (Å²) in [5, 5.41) is 31.2. The Bertz CT molecular complexity index is 1540. The van der Waals surface area contributed by atoms with Crippen LogP contribution in [0.25, 0.3) is 27.5 Å². The van der Waals surface area contributed by atoms with Gasteiger partial charge in [0.05, 0.1) is 34.2 Å². The molecule has 2 N–H and O–H groups in total. The Balaban J connectivity index is 1.29. The number of aromatic nitrogens is 5. The molecule has 4 aromatic rings. The average molecular weight is 528 g/mol. The van der Waals surface area contributed by atoms with Crippen LogP contribution in [0, 0.1) is 23.2 Å². The molecule has 2 atom stereocenters. The second kappa shape index (κ2) is 9.68. The fraction of sp³-hybridized carbons (Fsp3) is 0.407. The minimum absolute atomic E-state index is 0.0514. The largest absolute Gasteiger partial charge is 0.382 e. The number of nitriles is 1. The molecule has 0 radical (unpaired) electrons. The van der Waals surface area contributed by atoms with Gasteiger partial charge in [0, 0.05) is 44.0 Å². The van der Waals surface area contributed by atoms with Crippen molar-refractivity contribution in [1.82, 2.24) is 30.1 Å². The molecular formula is C27H29N9OS. The van der Waals surface area contributed by atoms with Crippen molar-refractivity contribution in [2.24, 2.45) is 11.8 Å². The summed E-state index contributed by atoms with van der Waals surface area (Å²) in [5.41, 5.74) is 4.82. The third kappa shape index (κ3) is 4.45. The topological polar surface area (TPSA) is 124 Å². The average Bonchev–Trinajstić information content (AvgIpc) is 3.59. The summed E-state index contributed by atoms with van der Waals surface area (Å²) in [5.74, 6) is 0.938. The van der Waals surface area contributed by atoms with Gasteiger partial charge in [0.15, 0.2) is 5.01 Å². The minimum atomic E-state index is 0.0514. The lowest BCUT2D eigenvalue weighted by molar-refractivity contribution is -0.120. The number of piperidine rings is 1. The van der Waals surface area contributed by atoms with Crippen LogP contribution in [0.4, 0.5) is 10.8 Å². The third-order valence-corrected chi connectivity index (χ3v) is 8.38. The smallest absolute Gasteiger partial charge is 0.217 e. The number of nitrogens with one attached hydrogen (secondary N) is 2. The Kier molecular flexibility index (Phi) is 6.19. The van der Waals surface area contributed by atoms with E-state index >= 15 is 0 Å². The number of amides is 1. The van der Waals surface area contributed by atoms with Crippen LogP contribution in [0.3, 0.4) is 0 Å². The van der Waals surface area contributed by atoms with E-state index in [4.69, 9.17) is 4.98 Å². The fourth-order valence-corrected chi connectivity index (χ4v) is 6.64. The van der Waals surface area contributed by atoms with Gasteiger partial charge in [0.2, 0.25) is 11.0 Å². The van der Waals surface area contributed by atoms with Crippen molar-refractivity contribution >= 4 is 33.6 Å². The van der Waals surface area contributed by atoms with Gasteiger partial charge in [-0.3, -0.25) is 9.78 Å². The van der Waals surface area contributed by atoms with Gasteiger partial charge in [-0.25, -0.2) is 4.52 Å². The molecule has 4 aromatic heterocycles. The molecule has 5 heterocycles. The van der Waals surface area contributed by atoms with E-state index in [2.05, 4.69) is 50.7 Å². The summed E-state index contributed by atoms with van der Waals surface area (Å²) in [4.78, 5) is 18.8. The SMILES string of the molecule is CC(=O)NC1C2CCC1CN(c1nnc(-c3cnc(-c4ccc5cc(C#N)cnn45)cc3NC(C)C)s1)C2. The zero-order valence-corrected chi connectivity index (χ0v) is 22.4. The van der Waals surface area contributed by atoms with Crippen molar-refractivity contribution in [3.05, 3.63) is 42.2 Å². The highest BCUT2D eigenvalue weighted by molar-refractivity contribution is 7.18. The molecule has 2 unspecified atom stereocenters. The summed E-state index contributed by atoms with van der Waals surface area (Å²) in [6, 6.07) is 10.3. The van der Waals surface area contributed by atoms with Crippen molar-refractivity contribution in [3.8, 4) is 28.0 Å². The van der Waals surface area contributed by atoms with Crippen LogP contribution in [0.2, 0.25) is 0 Å². The summed E-state index contributed by atoms with van der Waals surface area (Å²) < 4.78 is 1.80. The highest BCUT2D eigenvalue weighted by Crippen LogP contribution is 2.41. The van der Waals surface area contributed by atoms with Gasteiger partial charge >= 0.3 is 0 Å². The van der Waals surface area contributed by atoms with E-state index in [1.807, 2.05) is 30.5 Å². The zero-order valence-electron chi connectivity index (χ0n) is 21.5. The summed E-state index contributed by atoms with van der Waals surface area (Å²) >= 11 is 1.58. The number of hydrogen-bond donors (Lipinski definition) is 2. The molecule has 1 aliphatic carbocycles. The van der Waals surface area contributed by atoms with Gasteiger partial charge in [0.25, 0.3) is 0 Å². The first-order valence-corrected chi connectivity index (χ1v) is 13.7. The Morgan fingerprint density at radius 3 is 2.66 bits per heavy atom. The van der Waals surface area contributed by atoms with Crippen LogP contribution in [0.1, 0.15) is 39.2 Å². The second-order valence-electron chi connectivity index (χ2n) is 10.4. The lowest BCUT2D eigenvalue weighted by Gasteiger charge is -2.37. The highest BCUT2D eigenvalue weighted by atomic mass is 32.1. The zero-order chi connectivity index (χ0) is 26.4. The number of fused-ring (bicyclic) bond motifs is 3. The second-order valence-corrected chi connectivity index (χ2v) is 11.4. The summed E-state index contributed by atoms with van der Waals surface area (Å²) in [7, 11) is 0. The van der Waals surface area contributed by atoms with Crippen molar-refractivity contribution in [2.75, 3.05) is 23.3 Å². The Morgan fingerprint density at radius 2 is 1.95 bits per heavy atom. The van der Waals surface area contributed by atoms with Crippen molar-refractivity contribution in [1.29, 1.82) is 5.26 Å². The quantitative estimate of drug-likeness (QED) is 0.386. The number of hydrogen-bond acceptors (Lipinski definition) is 9. The van der Waals surface area contributed by atoms with Crippen LogP contribution in [-0.4, -0.2) is 55.9 Å². The minimum Gasteiger partial charge on any atom is -0.382 e. The van der Waals surface area contributed by atoms with E-state index in [9.17, 15) is 10.1 Å². The van der Waals surface area contributed by atoms with Gasteiger partial charge in [-0.05, 0) is 62.8 Å². The standard InChI is InChI=1S/C27H29N9OS/c1-15(2)31-22-9-23(24-7-6-20-8-17(10-28)11-30-36(20)24)29-12-21(22)26-33-34-27(38-26)35-13-18-4-5-19(14-35)25(18)32-16(3)37/h6-9,11-12,15,18-19,25H,4-5,13-14H2,1-3H3,(H,29,31)(H,32,37). The molecular weight excluding hydrogens is 498 g/mol. The predicted octanol–water partition coefficient (Wildman–Crippen LogP) is 3.96. The van der Waals surface area contributed by atoms with E-state index in [1.54, 1.807) is 29.0 Å². The van der Waals surface area contributed by atoms with Crippen LogP contribution < -0.4 is 15.5 Å². The first kappa shape index (κ1) is 24.3. The highest BCUT2D eigenvalue weighted by Gasteiger charge is 2.43. The van der Waals surface area contributed by atoms with E-state index in [1.165, 1.54) is 0 Å². The number of nitrogens with zero attached hydrogens (tertiary/aromatic N) is 7. The van der Waals surface area contributed by atoms with Crippen molar-refractivity contribution in [3.63, 3.8) is 0 Å². The van der Waals surface area contributed by atoms with E-state index < -0.39 is 0 Å². The summed E-state index contributed by atoms with van der Waals surface area (Å²) in [6.45, 7) is 7.56. The molecule has 1 aliphatic heterocycles. The van der Waals surface area contributed by atoms with Crippen LogP contribution in [0.15, 0.2) is 36.7 Å². The van der Waals surface area contributed by atoms with Crippen molar-refractivity contribution in [2.45, 2.75) is 45.7 Å². The molecule has 194 valence electrons. The van der Waals surface area contributed by atoms with Gasteiger partial charge in [-0.1, -0.05) is 11.3 Å². The van der Waals surface area contributed by atoms with Crippen LogP contribution in [0.5, 0.6) is 0 Å². The molecule has 2 bridgehead atoms. The molecule has 10 nitrogen and oxygen atoms in total. The Morgan fingerprint density at radius 1 is 1.16 bits per heavy atom. The van der Waals surface area contributed by atoms with Gasteiger partial charge in [-0.2, -0.15) is 10.4 Å². The molecule has 2 aliphatic rings. The summed E-state index contributed by atoms with van der Waals surface area (Å²) in [6.07, 6.45) is 5.67. The lowest BCUT2D eigenvalue weighted by atomic mass is 9.92. The molecule has 38 heavy (non-hydrogen) atoms. The molecule has 0 aromatic carbocycles. The maximum Gasteiger partial charge on any atom is 0.217 e. The molecule has 1 amide bonds. The number of anilines is 2. The predicted molar refractivity (Wildman–Crippen MR) is 147 cm³/mol. The molecule has 11 heteroatoms. The number of carbonyl (C=O) groups excluding carboxylic acids is 1.